The van der Waals surface area contributed by atoms with Crippen LogP contribution in [0.1, 0.15) is 53.9 Å². The Morgan fingerprint density at radius 1 is 0.923 bits per heavy atom. The van der Waals surface area contributed by atoms with Crippen LogP contribution in [0, 0.1) is 0 Å². The number of rotatable bonds is 7. The van der Waals surface area contributed by atoms with E-state index in [2.05, 4.69) is 34.6 Å². The zero-order chi connectivity index (χ0) is 10.3. The van der Waals surface area contributed by atoms with Gasteiger partial charge in [-0.15, -0.1) is 0 Å². The van der Waals surface area contributed by atoms with Gasteiger partial charge in [-0.1, -0.05) is 13.3 Å². The molecule has 0 heterocycles. The van der Waals surface area contributed by atoms with E-state index in [1.54, 1.807) is 0 Å². The van der Waals surface area contributed by atoms with Gasteiger partial charge in [-0.3, -0.25) is 0 Å². The minimum Gasteiger partial charge on any atom is -0.322 e. The highest BCUT2D eigenvalue weighted by atomic mass is 15.4. The van der Waals surface area contributed by atoms with E-state index < -0.39 is 0 Å². The van der Waals surface area contributed by atoms with Crippen molar-refractivity contribution < 1.29 is 4.48 Å². The van der Waals surface area contributed by atoms with Crippen molar-refractivity contribution >= 4 is 0 Å². The Morgan fingerprint density at radius 3 is 1.69 bits per heavy atom. The summed E-state index contributed by atoms with van der Waals surface area (Å²) in [6.45, 7) is 15.6. The molecule has 13 heavy (non-hydrogen) atoms. The van der Waals surface area contributed by atoms with E-state index in [1.807, 2.05) is 0 Å². The first-order chi connectivity index (χ1) is 6.16. The fourth-order valence-corrected chi connectivity index (χ4v) is 2.38. The molecule has 0 radical (unpaired) electrons. The molecule has 0 aromatic carbocycles. The van der Waals surface area contributed by atoms with Crippen LogP contribution in [-0.2, 0) is 0 Å². The Kier molecular flexibility index (Phi) is 6.40. The summed E-state index contributed by atoms with van der Waals surface area (Å²) in [7, 11) is 0. The lowest BCUT2D eigenvalue weighted by Gasteiger charge is -2.41. The molecule has 0 aromatic heterocycles. The Bertz CT molecular complexity index is 108. The molecule has 0 spiro atoms. The third kappa shape index (κ3) is 3.30. The van der Waals surface area contributed by atoms with Crippen molar-refractivity contribution in [3.63, 3.8) is 0 Å². The highest BCUT2D eigenvalue weighted by Crippen LogP contribution is 2.17. The molecular formula is C12H28N+. The van der Waals surface area contributed by atoms with Crippen LogP contribution in [0.5, 0.6) is 0 Å². The van der Waals surface area contributed by atoms with Crippen molar-refractivity contribution in [2.45, 2.75) is 59.9 Å². The predicted molar refractivity (Wildman–Crippen MR) is 60.9 cm³/mol. The van der Waals surface area contributed by atoms with Crippen molar-refractivity contribution in [3.8, 4) is 0 Å². The van der Waals surface area contributed by atoms with Gasteiger partial charge in [0.05, 0.1) is 25.7 Å². The van der Waals surface area contributed by atoms with Gasteiger partial charge in [0.15, 0.2) is 0 Å². The zero-order valence-electron chi connectivity index (χ0n) is 10.3. The molecule has 0 rings (SSSR count). The number of nitrogens with zero attached hydrogens (tertiary/aromatic N) is 1. The van der Waals surface area contributed by atoms with Gasteiger partial charge in [0.25, 0.3) is 0 Å². The lowest BCUT2D eigenvalue weighted by Crippen LogP contribution is -2.53. The van der Waals surface area contributed by atoms with Gasteiger partial charge in [-0.05, 0) is 40.5 Å². The second kappa shape index (κ2) is 6.42. The summed E-state index contributed by atoms with van der Waals surface area (Å²) < 4.78 is 1.31. The van der Waals surface area contributed by atoms with Crippen LogP contribution in [0.2, 0.25) is 0 Å². The highest BCUT2D eigenvalue weighted by molar-refractivity contribution is 4.53. The third-order valence-corrected chi connectivity index (χ3v) is 3.80. The average molecular weight is 186 g/mol. The summed E-state index contributed by atoms with van der Waals surface area (Å²) >= 11 is 0. The van der Waals surface area contributed by atoms with Crippen LogP contribution in [0.3, 0.4) is 0 Å². The molecule has 1 atom stereocenters. The minimum absolute atomic E-state index is 0.847. The number of quaternary nitrogens is 1. The minimum atomic E-state index is 0.847. The normalized spacial score (nSPS) is 14.5. The quantitative estimate of drug-likeness (QED) is 0.534. The van der Waals surface area contributed by atoms with E-state index >= 15 is 0 Å². The van der Waals surface area contributed by atoms with Crippen LogP contribution in [0.25, 0.3) is 0 Å². The van der Waals surface area contributed by atoms with Crippen LogP contribution in [0.4, 0.5) is 0 Å². The molecule has 0 amide bonds. The topological polar surface area (TPSA) is 0 Å². The zero-order valence-corrected chi connectivity index (χ0v) is 10.3. The Morgan fingerprint density at radius 2 is 1.38 bits per heavy atom. The first-order valence-electron chi connectivity index (χ1n) is 6.02. The van der Waals surface area contributed by atoms with Gasteiger partial charge < -0.3 is 4.48 Å². The highest BCUT2D eigenvalue weighted by Gasteiger charge is 2.27. The number of hydrogen-bond donors (Lipinski definition) is 0. The van der Waals surface area contributed by atoms with E-state index in [9.17, 15) is 0 Å². The number of hydrogen-bond acceptors (Lipinski definition) is 0. The fraction of sp³-hybridized carbons (Fsp3) is 1.00. The summed E-state index contributed by atoms with van der Waals surface area (Å²) in [6.07, 6.45) is 4.12. The van der Waals surface area contributed by atoms with E-state index in [-0.39, 0.29) is 0 Å². The van der Waals surface area contributed by atoms with Gasteiger partial charge >= 0.3 is 0 Å². The lowest BCUT2D eigenvalue weighted by atomic mass is 10.1. The molecule has 0 saturated heterocycles. The molecule has 0 saturated carbocycles. The Hall–Kier alpha value is -0.0400. The summed E-state index contributed by atoms with van der Waals surface area (Å²) in [5.74, 6) is 0. The predicted octanol–water partition coefficient (Wildman–Crippen LogP) is 3.44. The standard InChI is InChI=1S/C12H28N/c1-6-10-11-12(5)13(7-2,8-3)9-4/h12H,6-11H2,1-5H3/q+1. The molecular weight excluding hydrogens is 158 g/mol. The summed E-state index contributed by atoms with van der Waals surface area (Å²) in [5, 5.41) is 0. The van der Waals surface area contributed by atoms with E-state index in [0.29, 0.717) is 0 Å². The van der Waals surface area contributed by atoms with Gasteiger partial charge in [0.1, 0.15) is 0 Å². The summed E-state index contributed by atoms with van der Waals surface area (Å²) in [5.41, 5.74) is 0. The lowest BCUT2D eigenvalue weighted by molar-refractivity contribution is -0.945. The average Bonchev–Trinajstić information content (AvgIpc) is 2.18. The first kappa shape index (κ1) is 13.0. The van der Waals surface area contributed by atoms with E-state index in [0.717, 1.165) is 6.04 Å². The first-order valence-corrected chi connectivity index (χ1v) is 6.02. The monoisotopic (exact) mass is 186 g/mol. The molecule has 1 unspecified atom stereocenters. The second-order valence-electron chi connectivity index (χ2n) is 4.16. The van der Waals surface area contributed by atoms with Crippen LogP contribution >= 0.6 is 0 Å². The molecule has 0 aliphatic rings. The number of unbranched alkanes of at least 4 members (excludes halogenated alkanes) is 1. The van der Waals surface area contributed by atoms with Crippen molar-refractivity contribution in [1.29, 1.82) is 0 Å². The van der Waals surface area contributed by atoms with E-state index in [1.165, 1.54) is 43.4 Å². The largest absolute Gasteiger partial charge is 0.322 e. The molecule has 0 aliphatic carbocycles. The van der Waals surface area contributed by atoms with Crippen molar-refractivity contribution in [2.24, 2.45) is 0 Å². The molecule has 80 valence electrons. The smallest absolute Gasteiger partial charge is 0.0861 e. The maximum Gasteiger partial charge on any atom is 0.0861 e. The Labute approximate surface area is 84.7 Å². The van der Waals surface area contributed by atoms with Crippen molar-refractivity contribution in [3.05, 3.63) is 0 Å². The molecule has 0 aromatic rings. The van der Waals surface area contributed by atoms with Crippen LogP contribution < -0.4 is 0 Å². The van der Waals surface area contributed by atoms with Crippen molar-refractivity contribution in [1.82, 2.24) is 0 Å². The maximum atomic E-state index is 2.42. The van der Waals surface area contributed by atoms with E-state index in [4.69, 9.17) is 0 Å². The van der Waals surface area contributed by atoms with Gasteiger partial charge in [-0.25, -0.2) is 0 Å². The Balaban J connectivity index is 4.17. The molecule has 1 nitrogen and oxygen atoms in total. The summed E-state index contributed by atoms with van der Waals surface area (Å²) in [6, 6.07) is 0.847. The van der Waals surface area contributed by atoms with Gasteiger partial charge in [0, 0.05) is 0 Å². The SMILES string of the molecule is CCCCC(C)[N+](CC)(CC)CC. The molecule has 0 aliphatic heterocycles. The van der Waals surface area contributed by atoms with Crippen LogP contribution in [0.15, 0.2) is 0 Å². The van der Waals surface area contributed by atoms with Gasteiger partial charge in [-0.2, -0.15) is 0 Å². The molecule has 0 N–H and O–H groups in total. The van der Waals surface area contributed by atoms with Crippen LogP contribution in [-0.4, -0.2) is 30.2 Å². The third-order valence-electron chi connectivity index (χ3n) is 3.80. The molecule has 0 fully saturated rings. The fourth-order valence-electron chi connectivity index (χ4n) is 2.38. The molecule has 1 heteroatoms. The van der Waals surface area contributed by atoms with Crippen molar-refractivity contribution in [2.75, 3.05) is 19.6 Å². The van der Waals surface area contributed by atoms with Gasteiger partial charge in [0.2, 0.25) is 0 Å². The second-order valence-corrected chi connectivity index (χ2v) is 4.16. The summed E-state index contributed by atoms with van der Waals surface area (Å²) in [4.78, 5) is 0. The maximum absolute atomic E-state index is 2.42. The molecule has 0 bridgehead atoms.